The van der Waals surface area contributed by atoms with Gasteiger partial charge in [0.1, 0.15) is 17.6 Å². The number of benzene rings is 2. The summed E-state index contributed by atoms with van der Waals surface area (Å²) < 4.78 is 0. The maximum absolute atomic E-state index is 2.43. The van der Waals surface area contributed by atoms with Gasteiger partial charge in [0.2, 0.25) is 0 Å². The monoisotopic (exact) mass is 333 g/mol. The van der Waals surface area contributed by atoms with Crippen LogP contribution in [0.5, 0.6) is 0 Å². The fraction of sp³-hybridized carbons (Fsp3) is 0.333. The highest BCUT2D eigenvalue weighted by Gasteiger charge is 2.49. The third-order valence-electron chi connectivity index (χ3n) is 4.73. The molecule has 0 saturated heterocycles. The van der Waals surface area contributed by atoms with Gasteiger partial charge in [-0.05, 0) is 43.1 Å². The molecule has 2 aromatic rings. The molecule has 0 aromatic heterocycles. The van der Waals surface area contributed by atoms with Crippen LogP contribution in [0.2, 0.25) is 0 Å². The van der Waals surface area contributed by atoms with E-state index in [2.05, 4.69) is 74.5 Å². The van der Waals surface area contributed by atoms with Crippen LogP contribution in [-0.4, -0.2) is 24.6 Å². The quantitative estimate of drug-likeness (QED) is 0.648. The van der Waals surface area contributed by atoms with Crippen LogP contribution in [0.1, 0.15) is 13.8 Å². The Hall–Kier alpha value is -0.400. The summed E-state index contributed by atoms with van der Waals surface area (Å²) in [4.78, 5) is 0. The average molecular weight is 333 g/mol. The van der Waals surface area contributed by atoms with Crippen LogP contribution in [0.25, 0.3) is 0 Å². The molecule has 3 rings (SSSR count). The van der Waals surface area contributed by atoms with Gasteiger partial charge in [-0.1, -0.05) is 50.2 Å². The van der Waals surface area contributed by atoms with E-state index < -0.39 is 13.5 Å². The molecule has 21 heavy (non-hydrogen) atoms. The second kappa shape index (κ2) is 6.38. The van der Waals surface area contributed by atoms with Crippen molar-refractivity contribution in [2.45, 2.75) is 13.8 Å². The van der Waals surface area contributed by atoms with Crippen LogP contribution >= 0.6 is 21.1 Å². The van der Waals surface area contributed by atoms with Crippen LogP contribution < -0.4 is 10.6 Å². The van der Waals surface area contributed by atoms with E-state index in [-0.39, 0.29) is 0 Å². The standard InChI is InChI=1S/C18H24P3/c1-3-20(4-2)15-16-21(19-20,17-11-7-5-8-12-17)18-13-9-6-10-14-18/h5-14H,3-4,15-16H2,1-2H3/q+1. The van der Waals surface area contributed by atoms with E-state index in [1.165, 1.54) is 24.6 Å². The predicted molar refractivity (Wildman–Crippen MR) is 104 cm³/mol. The van der Waals surface area contributed by atoms with E-state index in [4.69, 9.17) is 0 Å². The SMILES string of the molecule is CCP1(CC)=P[P+](c2ccccc2)(c2ccccc2)CC1. The normalized spacial score (nSPS) is 19.9. The molecular weight excluding hydrogens is 309 g/mol. The lowest BCUT2D eigenvalue weighted by Gasteiger charge is -2.19. The van der Waals surface area contributed by atoms with E-state index in [0.717, 1.165) is 0 Å². The predicted octanol–water partition coefficient (Wildman–Crippen LogP) is 5.50. The Morgan fingerprint density at radius 1 is 0.857 bits per heavy atom. The molecule has 110 valence electrons. The summed E-state index contributed by atoms with van der Waals surface area (Å²) in [5.41, 5.74) is 0. The fourth-order valence-corrected chi connectivity index (χ4v) is 28.3. The molecule has 2 aromatic carbocycles. The van der Waals surface area contributed by atoms with Gasteiger partial charge in [0.15, 0.2) is 0 Å². The molecule has 3 heteroatoms. The van der Waals surface area contributed by atoms with E-state index in [0.29, 0.717) is 0 Å². The first-order chi connectivity index (χ1) is 10.2. The molecule has 0 bridgehead atoms. The highest BCUT2D eigenvalue weighted by atomic mass is 32.3. The zero-order chi connectivity index (χ0) is 14.8. The van der Waals surface area contributed by atoms with Crippen LogP contribution in [0.3, 0.4) is 0 Å². The van der Waals surface area contributed by atoms with Crippen molar-refractivity contribution >= 4 is 31.7 Å². The Morgan fingerprint density at radius 3 is 1.71 bits per heavy atom. The lowest BCUT2D eigenvalue weighted by Crippen LogP contribution is -2.19. The second-order valence-electron chi connectivity index (χ2n) is 5.70. The zero-order valence-corrected chi connectivity index (χ0v) is 15.6. The van der Waals surface area contributed by atoms with E-state index in [9.17, 15) is 0 Å². The van der Waals surface area contributed by atoms with Crippen molar-refractivity contribution in [2.24, 2.45) is 0 Å². The Balaban J connectivity index is 2.21. The fourth-order valence-electron chi connectivity index (χ4n) is 3.27. The third kappa shape index (κ3) is 2.80. The molecular formula is C18H24P3+. The van der Waals surface area contributed by atoms with Gasteiger partial charge in [-0.2, -0.15) is 0 Å². The highest BCUT2D eigenvalue weighted by Crippen LogP contribution is 2.84. The number of hydrogen-bond acceptors (Lipinski definition) is 0. The van der Waals surface area contributed by atoms with Crippen molar-refractivity contribution in [3.63, 3.8) is 0 Å². The first kappa shape index (κ1) is 15.5. The van der Waals surface area contributed by atoms with Crippen LogP contribution in [0.15, 0.2) is 60.7 Å². The van der Waals surface area contributed by atoms with E-state index in [1.54, 1.807) is 10.6 Å². The first-order valence-electron chi connectivity index (χ1n) is 7.85. The number of hydrogen-bond donors (Lipinski definition) is 0. The maximum atomic E-state index is 2.43. The molecule has 0 fully saturated rings. The minimum absolute atomic E-state index is 0.739. The summed E-state index contributed by atoms with van der Waals surface area (Å²) in [5, 5.41) is 3.25. The Labute approximate surface area is 131 Å². The molecule has 0 saturated carbocycles. The zero-order valence-electron chi connectivity index (χ0n) is 12.9. The molecule has 0 radical (unpaired) electrons. The average Bonchev–Trinajstić information content (AvgIpc) is 2.98. The molecule has 0 amide bonds. The number of rotatable bonds is 4. The second-order valence-corrected chi connectivity index (χ2v) is 19.5. The first-order valence-corrected chi connectivity index (χ1v) is 14.5. The summed E-state index contributed by atoms with van der Waals surface area (Å²) in [6.45, 7) is 2.94. The van der Waals surface area contributed by atoms with Crippen molar-refractivity contribution in [1.82, 2.24) is 0 Å². The van der Waals surface area contributed by atoms with Gasteiger partial charge in [-0.25, -0.2) is 0 Å². The maximum Gasteiger partial charge on any atom is 0.128 e. The molecule has 0 unspecified atom stereocenters. The van der Waals surface area contributed by atoms with Gasteiger partial charge < -0.3 is 0 Å². The van der Waals surface area contributed by atoms with E-state index in [1.807, 2.05) is 7.56 Å². The lowest BCUT2D eigenvalue weighted by molar-refractivity contribution is 1.35. The van der Waals surface area contributed by atoms with Crippen molar-refractivity contribution in [2.75, 3.05) is 24.6 Å². The third-order valence-corrected chi connectivity index (χ3v) is 24.9. The highest BCUT2D eigenvalue weighted by molar-refractivity contribution is 8.51. The Morgan fingerprint density at radius 2 is 1.33 bits per heavy atom. The van der Waals surface area contributed by atoms with Crippen molar-refractivity contribution in [3.05, 3.63) is 60.7 Å². The van der Waals surface area contributed by atoms with Gasteiger partial charge in [-0.3, -0.25) is 0 Å². The van der Waals surface area contributed by atoms with E-state index >= 15 is 0 Å². The molecule has 0 N–H and O–H groups in total. The summed E-state index contributed by atoms with van der Waals surface area (Å²) in [6, 6.07) is 22.8. The molecule has 0 atom stereocenters. The smallest absolute Gasteiger partial charge is 0.0620 e. The summed E-state index contributed by atoms with van der Waals surface area (Å²) in [5.74, 6) is 0. The lowest BCUT2D eigenvalue weighted by atomic mass is 10.4. The van der Waals surface area contributed by atoms with Crippen LogP contribution in [-0.2, 0) is 0 Å². The van der Waals surface area contributed by atoms with Crippen LogP contribution in [0.4, 0.5) is 0 Å². The summed E-state index contributed by atoms with van der Waals surface area (Å²) in [6.07, 6.45) is 5.77. The summed E-state index contributed by atoms with van der Waals surface area (Å²) >= 11 is 0. The van der Waals surface area contributed by atoms with Gasteiger partial charge in [0.25, 0.3) is 0 Å². The van der Waals surface area contributed by atoms with Crippen molar-refractivity contribution in [3.8, 4) is 0 Å². The van der Waals surface area contributed by atoms with Crippen LogP contribution in [0, 0.1) is 0 Å². The van der Waals surface area contributed by atoms with Gasteiger partial charge >= 0.3 is 0 Å². The van der Waals surface area contributed by atoms with Crippen molar-refractivity contribution < 1.29 is 0 Å². The molecule has 1 aliphatic heterocycles. The molecule has 1 heterocycles. The van der Waals surface area contributed by atoms with Gasteiger partial charge in [0.05, 0.1) is 13.7 Å². The topological polar surface area (TPSA) is 0 Å². The summed E-state index contributed by atoms with van der Waals surface area (Å²) in [7, 11) is 1.82. The molecule has 1 aliphatic rings. The molecule has 0 spiro atoms. The van der Waals surface area contributed by atoms with Gasteiger partial charge in [0, 0.05) is 6.16 Å². The molecule has 0 aliphatic carbocycles. The minimum Gasteiger partial charge on any atom is -0.0620 e. The van der Waals surface area contributed by atoms with Crippen molar-refractivity contribution in [1.29, 1.82) is 0 Å². The minimum atomic E-state index is -1.18. The Bertz CT molecular complexity index is 599. The molecule has 0 nitrogen and oxygen atoms in total. The Kier molecular flexibility index (Phi) is 4.71. The van der Waals surface area contributed by atoms with Gasteiger partial charge in [-0.15, -0.1) is 0 Å². The largest absolute Gasteiger partial charge is 0.128 e.